The van der Waals surface area contributed by atoms with Crippen LogP contribution in [0.25, 0.3) is 16.9 Å². The first-order chi connectivity index (χ1) is 17.0. The molecule has 9 nitrogen and oxygen atoms in total. The normalized spacial score (nSPS) is 14.5. The van der Waals surface area contributed by atoms with Crippen LogP contribution in [-0.2, 0) is 17.5 Å². The van der Waals surface area contributed by atoms with Crippen molar-refractivity contribution in [1.82, 2.24) is 29.6 Å². The van der Waals surface area contributed by atoms with Crippen molar-refractivity contribution in [2.45, 2.75) is 52.1 Å². The molecule has 1 aromatic carbocycles. The quantitative estimate of drug-likeness (QED) is 0.413. The van der Waals surface area contributed by atoms with E-state index in [1.165, 1.54) is 6.20 Å². The number of nitrogens with one attached hydrogen (secondary N) is 2. The lowest BCUT2D eigenvalue weighted by Gasteiger charge is -2.19. The number of rotatable bonds is 5. The number of fused-ring (bicyclic) bond motifs is 2. The van der Waals surface area contributed by atoms with E-state index in [1.807, 2.05) is 44.2 Å². The van der Waals surface area contributed by atoms with Crippen molar-refractivity contribution in [3.63, 3.8) is 0 Å². The third kappa shape index (κ3) is 3.86. The van der Waals surface area contributed by atoms with E-state index in [0.717, 1.165) is 11.3 Å². The highest BCUT2D eigenvalue weighted by Gasteiger charge is 2.35. The third-order valence-corrected chi connectivity index (χ3v) is 6.32. The topological polar surface area (TPSA) is 107 Å². The zero-order chi connectivity index (χ0) is 25.8. The predicted octanol–water partition coefficient (Wildman–Crippen LogP) is 4.18. The van der Waals surface area contributed by atoms with E-state index in [1.54, 1.807) is 21.5 Å². The Bertz CT molecular complexity index is 1590. The maximum absolute atomic E-state index is 13.2. The van der Waals surface area contributed by atoms with Gasteiger partial charge in [-0.3, -0.25) is 9.59 Å². The van der Waals surface area contributed by atoms with Crippen LogP contribution in [0.2, 0.25) is 0 Å². The highest BCUT2D eigenvalue weighted by atomic mass is 16.2. The molecule has 2 N–H and O–H groups in total. The maximum atomic E-state index is 13.2. The fourth-order valence-electron chi connectivity index (χ4n) is 4.47. The van der Waals surface area contributed by atoms with Gasteiger partial charge in [-0.1, -0.05) is 39.0 Å². The molecule has 0 spiro atoms. The van der Waals surface area contributed by atoms with Crippen LogP contribution < -0.4 is 16.2 Å². The van der Waals surface area contributed by atoms with Gasteiger partial charge in [0.15, 0.2) is 11.5 Å². The number of amides is 1. The van der Waals surface area contributed by atoms with E-state index in [0.29, 0.717) is 34.1 Å². The first-order valence-electron chi connectivity index (χ1n) is 11.8. The number of pyridine rings is 1. The Kier molecular flexibility index (Phi) is 5.31. The Morgan fingerprint density at radius 2 is 1.92 bits per heavy atom. The zero-order valence-electron chi connectivity index (χ0n) is 21.1. The summed E-state index contributed by atoms with van der Waals surface area (Å²) < 4.78 is 3.26. The number of hydrogen-bond donors (Lipinski definition) is 2. The Morgan fingerprint density at radius 3 is 2.64 bits per heavy atom. The molecule has 1 amide bonds. The number of anilines is 2. The van der Waals surface area contributed by atoms with Gasteiger partial charge in [-0.25, -0.2) is 19.3 Å². The van der Waals surface area contributed by atoms with Crippen molar-refractivity contribution in [3.8, 4) is 5.82 Å². The standard InChI is InChI=1S/C27H29N7O2/c1-7-13-33-24(36)18-15-28-25(29-16-11-12-19-17(14-16)23(35)32-27(19,5)6)31-22(18)34(33)21-10-8-9-20(30-21)26(2,3)4/h7-12,14-15H,1,13H2,2-6H3,(H,32,35)(H,28,29,31). The number of hydrogen-bond acceptors (Lipinski definition) is 6. The first kappa shape index (κ1) is 23.5. The van der Waals surface area contributed by atoms with Gasteiger partial charge in [0.25, 0.3) is 11.5 Å². The molecule has 36 heavy (non-hydrogen) atoms. The molecule has 4 heterocycles. The summed E-state index contributed by atoms with van der Waals surface area (Å²) in [7, 11) is 0. The molecule has 0 atom stereocenters. The van der Waals surface area contributed by atoms with Gasteiger partial charge in [-0.05, 0) is 43.7 Å². The monoisotopic (exact) mass is 483 g/mol. The molecule has 0 bridgehead atoms. The second-order valence-corrected chi connectivity index (χ2v) is 10.5. The minimum Gasteiger partial charge on any atom is -0.343 e. The van der Waals surface area contributed by atoms with Gasteiger partial charge in [0, 0.05) is 28.6 Å². The van der Waals surface area contributed by atoms with E-state index in [9.17, 15) is 9.59 Å². The Hall–Kier alpha value is -4.27. The highest BCUT2D eigenvalue weighted by molar-refractivity contribution is 6.00. The number of carbonyl (C=O) groups is 1. The van der Waals surface area contributed by atoms with Crippen LogP contribution in [0.1, 0.15) is 56.2 Å². The van der Waals surface area contributed by atoms with Crippen molar-refractivity contribution in [1.29, 1.82) is 0 Å². The van der Waals surface area contributed by atoms with Gasteiger partial charge in [0.05, 0.1) is 12.1 Å². The van der Waals surface area contributed by atoms with Crippen molar-refractivity contribution in [3.05, 3.63) is 82.4 Å². The van der Waals surface area contributed by atoms with Crippen LogP contribution in [0.4, 0.5) is 11.6 Å². The minimum atomic E-state index is -0.418. The van der Waals surface area contributed by atoms with E-state index in [4.69, 9.17) is 4.98 Å². The van der Waals surface area contributed by atoms with Crippen LogP contribution in [0.3, 0.4) is 0 Å². The van der Waals surface area contributed by atoms with Crippen LogP contribution in [-0.4, -0.2) is 30.2 Å². The van der Waals surface area contributed by atoms with Crippen LogP contribution >= 0.6 is 0 Å². The van der Waals surface area contributed by atoms with E-state index >= 15 is 0 Å². The van der Waals surface area contributed by atoms with Crippen LogP contribution in [0.15, 0.2) is 60.0 Å². The van der Waals surface area contributed by atoms with Gasteiger partial charge in [-0.15, -0.1) is 6.58 Å². The summed E-state index contributed by atoms with van der Waals surface area (Å²) in [5.41, 5.74) is 2.74. The first-order valence-corrected chi connectivity index (χ1v) is 11.8. The Balaban J connectivity index is 1.62. The number of allylic oxidation sites excluding steroid dienone is 1. The molecule has 5 rings (SSSR count). The Labute approximate surface area is 208 Å². The van der Waals surface area contributed by atoms with Crippen molar-refractivity contribution >= 4 is 28.6 Å². The second kappa shape index (κ2) is 8.15. The number of carbonyl (C=O) groups excluding carboxylic acids is 1. The van der Waals surface area contributed by atoms with Crippen molar-refractivity contribution in [2.75, 3.05) is 5.32 Å². The fraction of sp³-hybridized carbons (Fsp3) is 0.296. The molecule has 3 aromatic heterocycles. The molecule has 9 heteroatoms. The van der Waals surface area contributed by atoms with Gasteiger partial charge in [-0.2, -0.15) is 4.98 Å². The van der Waals surface area contributed by atoms with Crippen LogP contribution in [0.5, 0.6) is 0 Å². The molecule has 0 saturated heterocycles. The average molecular weight is 484 g/mol. The predicted molar refractivity (Wildman–Crippen MR) is 140 cm³/mol. The molecule has 0 aliphatic carbocycles. The van der Waals surface area contributed by atoms with Crippen molar-refractivity contribution < 1.29 is 4.79 Å². The molecule has 0 radical (unpaired) electrons. The summed E-state index contributed by atoms with van der Waals surface area (Å²) in [4.78, 5) is 39.5. The molecular formula is C27H29N7O2. The number of benzene rings is 1. The smallest absolute Gasteiger partial charge is 0.278 e. The lowest BCUT2D eigenvalue weighted by Crippen LogP contribution is -2.32. The number of aromatic nitrogens is 5. The van der Waals surface area contributed by atoms with Crippen LogP contribution in [0, 0.1) is 0 Å². The summed E-state index contributed by atoms with van der Waals surface area (Å²) in [6.07, 6.45) is 3.17. The molecule has 1 aliphatic heterocycles. The summed E-state index contributed by atoms with van der Waals surface area (Å²) in [5.74, 6) is 0.768. The minimum absolute atomic E-state index is 0.116. The van der Waals surface area contributed by atoms with E-state index < -0.39 is 5.54 Å². The maximum Gasteiger partial charge on any atom is 0.278 e. The van der Waals surface area contributed by atoms with Gasteiger partial charge in [0.1, 0.15) is 5.39 Å². The molecule has 0 fully saturated rings. The highest BCUT2D eigenvalue weighted by Crippen LogP contribution is 2.32. The van der Waals surface area contributed by atoms with Gasteiger partial charge in [0.2, 0.25) is 5.95 Å². The Morgan fingerprint density at radius 1 is 1.14 bits per heavy atom. The molecule has 1 aliphatic rings. The fourth-order valence-corrected chi connectivity index (χ4v) is 4.47. The molecule has 184 valence electrons. The second-order valence-electron chi connectivity index (χ2n) is 10.5. The van der Waals surface area contributed by atoms with Crippen molar-refractivity contribution in [2.24, 2.45) is 0 Å². The zero-order valence-corrected chi connectivity index (χ0v) is 21.1. The van der Waals surface area contributed by atoms with Gasteiger partial charge < -0.3 is 10.6 Å². The molecule has 4 aromatic rings. The summed E-state index contributed by atoms with van der Waals surface area (Å²) in [5, 5.41) is 6.54. The lowest BCUT2D eigenvalue weighted by molar-refractivity contribution is 0.0940. The SMILES string of the molecule is C=CCn1c(=O)c2cnc(Nc3ccc4c(c3)C(=O)NC4(C)C)nc2n1-c1cccc(C(C)(C)C)n1. The third-order valence-electron chi connectivity index (χ3n) is 6.32. The summed E-state index contributed by atoms with van der Waals surface area (Å²) in [6, 6.07) is 11.3. The lowest BCUT2D eigenvalue weighted by atomic mass is 9.92. The van der Waals surface area contributed by atoms with Gasteiger partial charge >= 0.3 is 0 Å². The van der Waals surface area contributed by atoms with E-state index in [-0.39, 0.29) is 23.4 Å². The summed E-state index contributed by atoms with van der Waals surface area (Å²) in [6.45, 7) is 14.3. The average Bonchev–Trinajstić information content (AvgIpc) is 3.22. The largest absolute Gasteiger partial charge is 0.343 e. The summed E-state index contributed by atoms with van der Waals surface area (Å²) >= 11 is 0. The molecule has 0 saturated carbocycles. The molecular weight excluding hydrogens is 454 g/mol. The van der Waals surface area contributed by atoms with E-state index in [2.05, 4.69) is 48.0 Å². The molecule has 0 unspecified atom stereocenters. The number of nitrogens with zero attached hydrogens (tertiary/aromatic N) is 5.